The summed E-state index contributed by atoms with van der Waals surface area (Å²) in [6.07, 6.45) is 8.32. The van der Waals surface area contributed by atoms with Crippen molar-refractivity contribution in [3.8, 4) is 0 Å². The molecule has 1 aromatic carbocycles. The molecule has 0 amide bonds. The van der Waals surface area contributed by atoms with Gasteiger partial charge in [0.1, 0.15) is 5.82 Å². The zero-order valence-electron chi connectivity index (χ0n) is 13.5. The van der Waals surface area contributed by atoms with Crippen LogP contribution in [0.2, 0.25) is 0 Å². The highest BCUT2D eigenvalue weighted by Crippen LogP contribution is 2.13. The lowest BCUT2D eigenvalue weighted by Crippen LogP contribution is -2.32. The third-order valence-electron chi connectivity index (χ3n) is 4.05. The van der Waals surface area contributed by atoms with E-state index in [0.717, 1.165) is 25.8 Å². The maximum Gasteiger partial charge on any atom is 0.108 e. The third kappa shape index (κ3) is 4.71. The molecule has 1 heterocycles. The summed E-state index contributed by atoms with van der Waals surface area (Å²) in [7, 11) is 2.07. The summed E-state index contributed by atoms with van der Waals surface area (Å²) in [5.41, 5.74) is 2.84. The van der Waals surface area contributed by atoms with Crippen molar-refractivity contribution < 1.29 is 0 Å². The van der Waals surface area contributed by atoms with Gasteiger partial charge in [-0.25, -0.2) is 4.98 Å². The van der Waals surface area contributed by atoms with Crippen LogP contribution in [0.25, 0.3) is 0 Å². The molecule has 21 heavy (non-hydrogen) atoms. The lowest BCUT2D eigenvalue weighted by Gasteiger charge is -2.19. The molecule has 0 aliphatic rings. The number of aryl methyl sites for hydroxylation is 3. The summed E-state index contributed by atoms with van der Waals surface area (Å²) in [6, 6.07) is 9.21. The number of benzene rings is 1. The van der Waals surface area contributed by atoms with Crippen LogP contribution < -0.4 is 5.32 Å². The van der Waals surface area contributed by atoms with Gasteiger partial charge in [0.05, 0.1) is 0 Å². The Morgan fingerprint density at radius 2 is 2.10 bits per heavy atom. The summed E-state index contributed by atoms with van der Waals surface area (Å²) >= 11 is 0. The molecule has 0 aliphatic heterocycles. The van der Waals surface area contributed by atoms with Gasteiger partial charge in [-0.1, -0.05) is 31.2 Å². The average molecular weight is 285 g/mol. The van der Waals surface area contributed by atoms with Crippen LogP contribution in [0.3, 0.4) is 0 Å². The van der Waals surface area contributed by atoms with Gasteiger partial charge in [-0.05, 0) is 43.9 Å². The van der Waals surface area contributed by atoms with Crippen LogP contribution >= 0.6 is 0 Å². The zero-order chi connectivity index (χ0) is 15.1. The number of hydrogen-bond donors (Lipinski definition) is 1. The van der Waals surface area contributed by atoms with Gasteiger partial charge in [-0.15, -0.1) is 0 Å². The molecule has 0 saturated heterocycles. The molecule has 1 unspecified atom stereocenters. The standard InChI is InChI=1S/C18H27N3/c1-4-11-19-17(9-10-18-20-12-13-21(18)3)14-16-8-6-5-7-15(16)2/h5-8,12-13,17,19H,4,9-11,14H2,1-3H3. The molecule has 0 aliphatic carbocycles. The number of nitrogens with zero attached hydrogens (tertiary/aromatic N) is 2. The first-order valence-electron chi connectivity index (χ1n) is 7.94. The molecule has 3 nitrogen and oxygen atoms in total. The molecular formula is C18H27N3. The number of aromatic nitrogens is 2. The molecule has 0 fully saturated rings. The zero-order valence-corrected chi connectivity index (χ0v) is 13.5. The van der Waals surface area contributed by atoms with Gasteiger partial charge in [0.15, 0.2) is 0 Å². The summed E-state index contributed by atoms with van der Waals surface area (Å²) in [6.45, 7) is 5.50. The molecular weight excluding hydrogens is 258 g/mol. The first-order chi connectivity index (χ1) is 10.2. The van der Waals surface area contributed by atoms with Gasteiger partial charge in [-0.3, -0.25) is 0 Å². The second-order valence-corrected chi connectivity index (χ2v) is 5.77. The Hall–Kier alpha value is -1.61. The summed E-state index contributed by atoms with van der Waals surface area (Å²) in [5.74, 6) is 1.17. The van der Waals surface area contributed by atoms with Crippen molar-refractivity contribution in [3.05, 3.63) is 53.6 Å². The second kappa shape index (κ2) is 7.99. The van der Waals surface area contributed by atoms with Crippen LogP contribution in [-0.4, -0.2) is 22.1 Å². The number of rotatable bonds is 8. The monoisotopic (exact) mass is 285 g/mol. The lowest BCUT2D eigenvalue weighted by molar-refractivity contribution is 0.470. The molecule has 1 N–H and O–H groups in total. The Balaban J connectivity index is 1.97. The predicted molar refractivity (Wildman–Crippen MR) is 88.5 cm³/mol. The quantitative estimate of drug-likeness (QED) is 0.806. The highest BCUT2D eigenvalue weighted by Gasteiger charge is 2.11. The van der Waals surface area contributed by atoms with Crippen molar-refractivity contribution in [2.45, 2.75) is 45.6 Å². The fraction of sp³-hybridized carbons (Fsp3) is 0.500. The highest BCUT2D eigenvalue weighted by molar-refractivity contribution is 5.26. The third-order valence-corrected chi connectivity index (χ3v) is 4.05. The molecule has 0 bridgehead atoms. The molecule has 0 spiro atoms. The Morgan fingerprint density at radius 1 is 1.29 bits per heavy atom. The molecule has 3 heteroatoms. The van der Waals surface area contributed by atoms with Crippen molar-refractivity contribution in [3.63, 3.8) is 0 Å². The molecule has 2 rings (SSSR count). The maximum absolute atomic E-state index is 4.43. The van der Waals surface area contributed by atoms with Crippen molar-refractivity contribution in [1.29, 1.82) is 0 Å². The normalized spacial score (nSPS) is 12.5. The van der Waals surface area contributed by atoms with Crippen LogP contribution in [0.5, 0.6) is 0 Å². The second-order valence-electron chi connectivity index (χ2n) is 5.77. The van der Waals surface area contributed by atoms with Gasteiger partial charge in [0, 0.05) is 31.9 Å². The summed E-state index contributed by atoms with van der Waals surface area (Å²) < 4.78 is 2.12. The van der Waals surface area contributed by atoms with E-state index in [1.807, 2.05) is 12.4 Å². The molecule has 2 aromatic rings. The number of imidazole rings is 1. The number of nitrogens with one attached hydrogen (secondary N) is 1. The van der Waals surface area contributed by atoms with E-state index in [9.17, 15) is 0 Å². The van der Waals surface area contributed by atoms with Crippen molar-refractivity contribution in [2.24, 2.45) is 7.05 Å². The molecule has 1 aromatic heterocycles. The van der Waals surface area contributed by atoms with E-state index in [-0.39, 0.29) is 0 Å². The van der Waals surface area contributed by atoms with Gasteiger partial charge >= 0.3 is 0 Å². The highest BCUT2D eigenvalue weighted by atomic mass is 15.0. The number of hydrogen-bond acceptors (Lipinski definition) is 2. The minimum Gasteiger partial charge on any atom is -0.338 e. The Bertz CT molecular complexity index is 545. The van der Waals surface area contributed by atoms with Crippen molar-refractivity contribution >= 4 is 0 Å². The van der Waals surface area contributed by atoms with Crippen LogP contribution in [0.1, 0.15) is 36.7 Å². The molecule has 1 atom stereocenters. The fourth-order valence-corrected chi connectivity index (χ4v) is 2.67. The fourth-order valence-electron chi connectivity index (χ4n) is 2.67. The first kappa shape index (κ1) is 15.8. The van der Waals surface area contributed by atoms with Crippen LogP contribution in [0.4, 0.5) is 0 Å². The van der Waals surface area contributed by atoms with Gasteiger partial charge in [0.2, 0.25) is 0 Å². The van der Waals surface area contributed by atoms with Crippen LogP contribution in [0.15, 0.2) is 36.7 Å². The minimum atomic E-state index is 0.516. The van der Waals surface area contributed by atoms with Gasteiger partial charge in [0.25, 0.3) is 0 Å². The predicted octanol–water partition coefficient (Wildman–Crippen LogP) is 3.27. The SMILES string of the molecule is CCCNC(CCc1nccn1C)Cc1ccccc1C. The Labute approximate surface area is 128 Å². The van der Waals surface area contributed by atoms with Crippen molar-refractivity contribution in [1.82, 2.24) is 14.9 Å². The van der Waals surface area contributed by atoms with Crippen molar-refractivity contribution in [2.75, 3.05) is 6.54 Å². The van der Waals surface area contributed by atoms with Gasteiger partial charge in [-0.2, -0.15) is 0 Å². The van der Waals surface area contributed by atoms with E-state index in [0.29, 0.717) is 6.04 Å². The average Bonchev–Trinajstić information content (AvgIpc) is 2.89. The van der Waals surface area contributed by atoms with E-state index in [2.05, 4.69) is 60.0 Å². The molecule has 0 radical (unpaired) electrons. The van der Waals surface area contributed by atoms with E-state index in [4.69, 9.17) is 0 Å². The van der Waals surface area contributed by atoms with Gasteiger partial charge < -0.3 is 9.88 Å². The molecule has 114 valence electrons. The molecule has 0 saturated carbocycles. The lowest BCUT2D eigenvalue weighted by atomic mass is 9.98. The van der Waals surface area contributed by atoms with E-state index >= 15 is 0 Å². The van der Waals surface area contributed by atoms with E-state index in [1.165, 1.54) is 23.4 Å². The van der Waals surface area contributed by atoms with E-state index < -0.39 is 0 Å². The summed E-state index contributed by atoms with van der Waals surface area (Å²) in [5, 5.41) is 3.69. The Kier molecular flexibility index (Phi) is 6.00. The summed E-state index contributed by atoms with van der Waals surface area (Å²) in [4.78, 5) is 4.43. The maximum atomic E-state index is 4.43. The smallest absolute Gasteiger partial charge is 0.108 e. The first-order valence-corrected chi connectivity index (χ1v) is 7.94. The van der Waals surface area contributed by atoms with E-state index in [1.54, 1.807) is 0 Å². The van der Waals surface area contributed by atoms with Crippen LogP contribution in [0, 0.1) is 6.92 Å². The van der Waals surface area contributed by atoms with Crippen LogP contribution in [-0.2, 0) is 19.9 Å². The Morgan fingerprint density at radius 3 is 2.76 bits per heavy atom. The minimum absolute atomic E-state index is 0.516. The topological polar surface area (TPSA) is 29.9 Å². The largest absolute Gasteiger partial charge is 0.338 e.